The van der Waals surface area contributed by atoms with Gasteiger partial charge in [0.1, 0.15) is 6.61 Å². The zero-order chi connectivity index (χ0) is 17.9. The Morgan fingerprint density at radius 1 is 1.08 bits per heavy atom. The molecular formula is C21H31N3O2. The summed E-state index contributed by atoms with van der Waals surface area (Å²) < 4.78 is 5.29. The zero-order valence-electron chi connectivity index (χ0n) is 15.7. The molecule has 0 aromatic heterocycles. The van der Waals surface area contributed by atoms with Crippen molar-refractivity contribution in [3.05, 3.63) is 35.9 Å². The van der Waals surface area contributed by atoms with E-state index in [0.717, 1.165) is 43.0 Å². The van der Waals surface area contributed by atoms with Gasteiger partial charge in [-0.15, -0.1) is 0 Å². The van der Waals surface area contributed by atoms with E-state index >= 15 is 0 Å². The molecule has 3 aliphatic rings. The lowest BCUT2D eigenvalue weighted by Crippen LogP contribution is -2.54. The third-order valence-electron chi connectivity index (χ3n) is 6.56. The van der Waals surface area contributed by atoms with Gasteiger partial charge in [0.05, 0.1) is 0 Å². The Labute approximate surface area is 156 Å². The van der Waals surface area contributed by atoms with Gasteiger partial charge < -0.3 is 20.3 Å². The van der Waals surface area contributed by atoms with Gasteiger partial charge in [-0.3, -0.25) is 0 Å². The highest BCUT2D eigenvalue weighted by Gasteiger charge is 2.39. The van der Waals surface area contributed by atoms with Crippen molar-refractivity contribution in [1.82, 2.24) is 15.5 Å². The maximum Gasteiger partial charge on any atom is 0.407 e. The van der Waals surface area contributed by atoms with Crippen molar-refractivity contribution in [1.29, 1.82) is 0 Å². The monoisotopic (exact) mass is 357 g/mol. The Balaban J connectivity index is 1.09. The molecule has 1 saturated carbocycles. The summed E-state index contributed by atoms with van der Waals surface area (Å²) in [5, 5.41) is 6.70. The van der Waals surface area contributed by atoms with Gasteiger partial charge in [-0.05, 0) is 63.6 Å². The molecule has 1 aliphatic carbocycles. The molecule has 2 N–H and O–H groups in total. The van der Waals surface area contributed by atoms with Crippen molar-refractivity contribution in [3.63, 3.8) is 0 Å². The number of nitrogens with one attached hydrogen (secondary N) is 2. The Bertz CT molecular complexity index is 589. The minimum absolute atomic E-state index is 0.254. The lowest BCUT2D eigenvalue weighted by molar-refractivity contribution is 0.117. The number of benzene rings is 1. The van der Waals surface area contributed by atoms with E-state index in [9.17, 15) is 4.79 Å². The molecule has 1 amide bonds. The second-order valence-electron chi connectivity index (χ2n) is 8.37. The van der Waals surface area contributed by atoms with Gasteiger partial charge in [0, 0.05) is 24.2 Å². The third-order valence-corrected chi connectivity index (χ3v) is 6.56. The van der Waals surface area contributed by atoms with Gasteiger partial charge in [0.15, 0.2) is 0 Å². The van der Waals surface area contributed by atoms with E-state index in [-0.39, 0.29) is 12.1 Å². The Morgan fingerprint density at radius 3 is 2.46 bits per heavy atom. The Hall–Kier alpha value is -1.59. The molecule has 26 heavy (non-hydrogen) atoms. The molecule has 2 saturated heterocycles. The molecule has 0 spiro atoms. The van der Waals surface area contributed by atoms with Crippen LogP contribution in [-0.2, 0) is 11.3 Å². The van der Waals surface area contributed by atoms with Crippen LogP contribution in [0, 0.1) is 5.92 Å². The van der Waals surface area contributed by atoms with E-state index in [1.54, 1.807) is 0 Å². The molecular weight excluding hydrogens is 326 g/mol. The lowest BCUT2D eigenvalue weighted by atomic mass is 9.85. The second kappa shape index (κ2) is 7.97. The van der Waals surface area contributed by atoms with Crippen LogP contribution < -0.4 is 10.6 Å². The molecule has 4 rings (SSSR count). The SMILES string of the molecule is CN1C2CCC1CC(CNC1CC(NC(=O)OCc3ccccc3)C1)C2. The number of carbonyl (C=O) groups excluding carboxylic acids is 1. The van der Waals surface area contributed by atoms with Crippen LogP contribution in [0.2, 0.25) is 0 Å². The maximum atomic E-state index is 11.9. The highest BCUT2D eigenvalue weighted by molar-refractivity contribution is 5.67. The lowest BCUT2D eigenvalue weighted by Gasteiger charge is -2.40. The highest BCUT2D eigenvalue weighted by atomic mass is 16.5. The quantitative estimate of drug-likeness (QED) is 0.822. The number of hydrogen-bond acceptors (Lipinski definition) is 4. The van der Waals surface area contributed by atoms with E-state index in [0.29, 0.717) is 12.6 Å². The summed E-state index contributed by atoms with van der Waals surface area (Å²) in [5.41, 5.74) is 1.02. The number of piperidine rings is 1. The number of fused-ring (bicyclic) bond motifs is 2. The van der Waals surface area contributed by atoms with Crippen LogP contribution in [0.4, 0.5) is 4.79 Å². The smallest absolute Gasteiger partial charge is 0.407 e. The topological polar surface area (TPSA) is 53.6 Å². The first-order valence-corrected chi connectivity index (χ1v) is 10.1. The van der Waals surface area contributed by atoms with Crippen molar-refractivity contribution < 1.29 is 9.53 Å². The molecule has 5 nitrogen and oxygen atoms in total. The maximum absolute atomic E-state index is 11.9. The first-order valence-electron chi connectivity index (χ1n) is 10.1. The first kappa shape index (κ1) is 17.8. The van der Waals surface area contributed by atoms with Gasteiger partial charge >= 0.3 is 6.09 Å². The highest BCUT2D eigenvalue weighted by Crippen LogP contribution is 2.37. The number of amides is 1. The van der Waals surface area contributed by atoms with Crippen molar-refractivity contribution in [3.8, 4) is 0 Å². The van der Waals surface area contributed by atoms with Crippen LogP contribution in [0.25, 0.3) is 0 Å². The molecule has 5 heteroatoms. The number of alkyl carbamates (subject to hydrolysis) is 1. The van der Waals surface area contributed by atoms with Crippen LogP contribution in [0.5, 0.6) is 0 Å². The largest absolute Gasteiger partial charge is 0.445 e. The van der Waals surface area contributed by atoms with Gasteiger partial charge in [-0.2, -0.15) is 0 Å². The van der Waals surface area contributed by atoms with Crippen molar-refractivity contribution in [2.45, 2.75) is 69.3 Å². The minimum Gasteiger partial charge on any atom is -0.445 e. The third kappa shape index (κ3) is 4.21. The average molecular weight is 357 g/mol. The van der Waals surface area contributed by atoms with Crippen molar-refractivity contribution >= 4 is 6.09 Å². The summed E-state index contributed by atoms with van der Waals surface area (Å²) in [7, 11) is 2.30. The fourth-order valence-electron chi connectivity index (χ4n) is 4.86. The standard InChI is InChI=1S/C21H31N3O2/c1-24-19-7-8-20(24)10-16(9-19)13-22-17-11-18(12-17)23-21(25)26-14-15-5-3-2-4-6-15/h2-6,16-20,22H,7-14H2,1H3,(H,23,25). The molecule has 2 unspecified atom stereocenters. The average Bonchev–Trinajstić information content (AvgIpc) is 2.83. The predicted octanol–water partition coefficient (Wildman–Crippen LogP) is 2.91. The number of nitrogens with zero attached hydrogens (tertiary/aromatic N) is 1. The summed E-state index contributed by atoms with van der Waals surface area (Å²) >= 11 is 0. The second-order valence-corrected chi connectivity index (χ2v) is 8.37. The molecule has 2 aliphatic heterocycles. The van der Waals surface area contributed by atoms with Gasteiger partial charge in [0.25, 0.3) is 0 Å². The Morgan fingerprint density at radius 2 is 1.77 bits per heavy atom. The molecule has 2 heterocycles. The predicted molar refractivity (Wildman–Crippen MR) is 102 cm³/mol. The van der Waals surface area contributed by atoms with E-state index in [1.165, 1.54) is 25.7 Å². The molecule has 0 radical (unpaired) electrons. The molecule has 142 valence electrons. The minimum atomic E-state index is -0.302. The van der Waals surface area contributed by atoms with E-state index in [1.807, 2.05) is 30.3 Å². The van der Waals surface area contributed by atoms with Crippen LogP contribution in [0.3, 0.4) is 0 Å². The number of ether oxygens (including phenoxy) is 1. The number of carbonyl (C=O) groups is 1. The summed E-state index contributed by atoms with van der Waals surface area (Å²) in [6.07, 6.45) is 7.19. The van der Waals surface area contributed by atoms with Gasteiger partial charge in [0.2, 0.25) is 0 Å². The molecule has 2 bridgehead atoms. The summed E-state index contributed by atoms with van der Waals surface area (Å²) in [4.78, 5) is 14.5. The summed E-state index contributed by atoms with van der Waals surface area (Å²) in [6.45, 7) is 1.47. The van der Waals surface area contributed by atoms with Gasteiger partial charge in [-0.1, -0.05) is 30.3 Å². The molecule has 3 fully saturated rings. The fourth-order valence-corrected chi connectivity index (χ4v) is 4.86. The van der Waals surface area contributed by atoms with Crippen LogP contribution in [-0.4, -0.2) is 48.8 Å². The number of hydrogen-bond donors (Lipinski definition) is 2. The van der Waals surface area contributed by atoms with E-state index < -0.39 is 0 Å². The number of rotatable bonds is 6. The summed E-state index contributed by atoms with van der Waals surface area (Å²) in [5.74, 6) is 0.826. The van der Waals surface area contributed by atoms with Crippen LogP contribution in [0.15, 0.2) is 30.3 Å². The zero-order valence-corrected chi connectivity index (χ0v) is 15.7. The van der Waals surface area contributed by atoms with Crippen molar-refractivity contribution in [2.75, 3.05) is 13.6 Å². The van der Waals surface area contributed by atoms with E-state index in [2.05, 4.69) is 22.6 Å². The molecule has 1 aromatic rings. The summed E-state index contributed by atoms with van der Waals surface area (Å²) in [6, 6.07) is 12.2. The van der Waals surface area contributed by atoms with E-state index in [4.69, 9.17) is 4.74 Å². The molecule has 1 aromatic carbocycles. The van der Waals surface area contributed by atoms with Gasteiger partial charge in [-0.25, -0.2) is 4.79 Å². The van der Waals surface area contributed by atoms with Crippen LogP contribution in [0.1, 0.15) is 44.1 Å². The normalized spacial score (nSPS) is 33.5. The fraction of sp³-hybridized carbons (Fsp3) is 0.667. The van der Waals surface area contributed by atoms with Crippen molar-refractivity contribution in [2.24, 2.45) is 5.92 Å². The first-order chi connectivity index (χ1) is 12.7. The molecule has 2 atom stereocenters. The Kier molecular flexibility index (Phi) is 5.46. The van der Waals surface area contributed by atoms with Crippen LogP contribution >= 0.6 is 0 Å².